The first-order valence-corrected chi connectivity index (χ1v) is 6.92. The molecule has 0 unspecified atom stereocenters. The molecule has 0 radical (unpaired) electrons. The predicted octanol–water partition coefficient (Wildman–Crippen LogP) is 2.81. The van der Waals surface area contributed by atoms with Crippen LogP contribution < -0.4 is 10.2 Å². The summed E-state index contributed by atoms with van der Waals surface area (Å²) in [6, 6.07) is 16.5. The molecule has 0 atom stereocenters. The molecule has 0 aliphatic carbocycles. The number of imide groups is 1. The van der Waals surface area contributed by atoms with Crippen LogP contribution in [0.3, 0.4) is 0 Å². The molecule has 6 nitrogen and oxygen atoms in total. The molecule has 3 amide bonds. The second kappa shape index (κ2) is 7.74. The van der Waals surface area contributed by atoms with Crippen molar-refractivity contribution in [3.8, 4) is 0 Å². The number of urea groups is 1. The largest absolute Gasteiger partial charge is 0.469 e. The normalized spacial score (nSPS) is 9.78. The molecule has 23 heavy (non-hydrogen) atoms. The third-order valence-electron chi connectivity index (χ3n) is 3.02. The van der Waals surface area contributed by atoms with Gasteiger partial charge in [-0.2, -0.15) is 0 Å². The number of rotatable bonds is 4. The average molecular weight is 312 g/mol. The lowest BCUT2D eigenvalue weighted by Gasteiger charge is -2.21. The molecule has 0 bridgehead atoms. The first-order chi connectivity index (χ1) is 11.1. The average Bonchev–Trinajstić information content (AvgIpc) is 2.56. The van der Waals surface area contributed by atoms with Crippen molar-refractivity contribution in [2.75, 3.05) is 17.3 Å². The van der Waals surface area contributed by atoms with Crippen molar-refractivity contribution >= 4 is 29.3 Å². The van der Waals surface area contributed by atoms with Crippen LogP contribution in [0, 0.1) is 0 Å². The van der Waals surface area contributed by atoms with E-state index in [1.54, 1.807) is 54.6 Å². The summed E-state index contributed by atoms with van der Waals surface area (Å²) in [5, 5.41) is 2.63. The van der Waals surface area contributed by atoms with Gasteiger partial charge in [-0.1, -0.05) is 36.4 Å². The SMILES string of the molecule is COC(=O)CC(=O)N(C(=O)Nc1ccccc1)c1ccccc1. The van der Waals surface area contributed by atoms with Crippen LogP contribution in [0.1, 0.15) is 6.42 Å². The summed E-state index contributed by atoms with van der Waals surface area (Å²) < 4.78 is 4.49. The van der Waals surface area contributed by atoms with Gasteiger partial charge in [-0.25, -0.2) is 9.69 Å². The molecule has 0 saturated carbocycles. The van der Waals surface area contributed by atoms with Crippen LogP contribution in [0.2, 0.25) is 0 Å². The standard InChI is InChI=1S/C17H16N2O4/c1-23-16(21)12-15(20)19(14-10-6-3-7-11-14)17(22)18-13-8-4-2-5-9-13/h2-11H,12H2,1H3,(H,18,22). The minimum absolute atomic E-state index is 0.370. The summed E-state index contributed by atoms with van der Waals surface area (Å²) in [6.45, 7) is 0. The highest BCUT2D eigenvalue weighted by Gasteiger charge is 2.25. The van der Waals surface area contributed by atoms with E-state index < -0.39 is 24.3 Å². The van der Waals surface area contributed by atoms with Gasteiger partial charge in [0.2, 0.25) is 5.91 Å². The van der Waals surface area contributed by atoms with Gasteiger partial charge in [-0.3, -0.25) is 9.59 Å². The first-order valence-electron chi connectivity index (χ1n) is 6.92. The van der Waals surface area contributed by atoms with Gasteiger partial charge in [0.1, 0.15) is 6.42 Å². The molecular formula is C17H16N2O4. The molecule has 118 valence electrons. The maximum absolute atomic E-state index is 12.5. The molecule has 2 aromatic carbocycles. The fourth-order valence-electron chi connectivity index (χ4n) is 1.93. The maximum atomic E-state index is 12.5. The Morgan fingerprint density at radius 1 is 0.957 bits per heavy atom. The van der Waals surface area contributed by atoms with Gasteiger partial charge < -0.3 is 10.1 Å². The van der Waals surface area contributed by atoms with Crippen LogP contribution in [0.25, 0.3) is 0 Å². The number of carbonyl (C=O) groups is 3. The van der Waals surface area contributed by atoms with E-state index in [0.29, 0.717) is 11.4 Å². The van der Waals surface area contributed by atoms with E-state index in [4.69, 9.17) is 0 Å². The number of hydrogen-bond acceptors (Lipinski definition) is 4. The van der Waals surface area contributed by atoms with Crippen LogP contribution in [-0.4, -0.2) is 25.0 Å². The molecule has 1 N–H and O–H groups in total. The number of methoxy groups -OCH3 is 1. The summed E-state index contributed by atoms with van der Waals surface area (Å²) in [6.07, 6.45) is -0.520. The number of esters is 1. The molecule has 0 aromatic heterocycles. The van der Waals surface area contributed by atoms with Crippen molar-refractivity contribution < 1.29 is 19.1 Å². The topological polar surface area (TPSA) is 75.7 Å². The van der Waals surface area contributed by atoms with Crippen molar-refractivity contribution in [2.24, 2.45) is 0 Å². The number of anilines is 2. The third-order valence-corrected chi connectivity index (χ3v) is 3.02. The highest BCUT2D eigenvalue weighted by atomic mass is 16.5. The van der Waals surface area contributed by atoms with Crippen molar-refractivity contribution in [1.29, 1.82) is 0 Å². The Labute approximate surface area is 133 Å². The second-order valence-electron chi connectivity index (χ2n) is 4.61. The highest BCUT2D eigenvalue weighted by Crippen LogP contribution is 2.17. The number of nitrogens with zero attached hydrogens (tertiary/aromatic N) is 1. The Balaban J connectivity index is 2.24. The summed E-state index contributed by atoms with van der Waals surface area (Å²) in [7, 11) is 1.19. The number of para-hydroxylation sites is 2. The Hall–Kier alpha value is -3.15. The number of hydrogen-bond donors (Lipinski definition) is 1. The minimum Gasteiger partial charge on any atom is -0.469 e. The molecular weight excluding hydrogens is 296 g/mol. The van der Waals surface area contributed by atoms with E-state index in [9.17, 15) is 14.4 Å². The fraction of sp³-hybridized carbons (Fsp3) is 0.118. The van der Waals surface area contributed by atoms with Crippen molar-refractivity contribution in [2.45, 2.75) is 6.42 Å². The zero-order valence-corrected chi connectivity index (χ0v) is 12.6. The van der Waals surface area contributed by atoms with Crippen LogP contribution in [0.15, 0.2) is 60.7 Å². The Bertz CT molecular complexity index is 686. The summed E-state index contributed by atoms with van der Waals surface area (Å²) in [5.41, 5.74) is 0.916. The molecule has 0 fully saturated rings. The lowest BCUT2D eigenvalue weighted by Crippen LogP contribution is -2.41. The quantitative estimate of drug-likeness (QED) is 0.696. The molecule has 6 heteroatoms. The number of carbonyl (C=O) groups excluding carboxylic acids is 3. The third kappa shape index (κ3) is 4.41. The Morgan fingerprint density at radius 3 is 2.09 bits per heavy atom. The molecule has 0 aliphatic heterocycles. The number of amides is 3. The molecule has 0 spiro atoms. The van der Waals surface area contributed by atoms with E-state index in [1.807, 2.05) is 6.07 Å². The number of nitrogens with one attached hydrogen (secondary N) is 1. The van der Waals surface area contributed by atoms with Crippen LogP contribution in [-0.2, 0) is 14.3 Å². The number of benzene rings is 2. The fourth-order valence-corrected chi connectivity index (χ4v) is 1.93. The van der Waals surface area contributed by atoms with Gasteiger partial charge >= 0.3 is 12.0 Å². The lowest BCUT2D eigenvalue weighted by molar-refractivity contribution is -0.143. The van der Waals surface area contributed by atoms with E-state index in [1.165, 1.54) is 7.11 Å². The van der Waals surface area contributed by atoms with E-state index in [-0.39, 0.29) is 0 Å². The molecule has 2 rings (SSSR count). The van der Waals surface area contributed by atoms with E-state index in [0.717, 1.165) is 4.90 Å². The van der Waals surface area contributed by atoms with Crippen molar-refractivity contribution in [1.82, 2.24) is 0 Å². The molecule has 2 aromatic rings. The Morgan fingerprint density at radius 2 is 1.52 bits per heavy atom. The zero-order chi connectivity index (χ0) is 16.7. The summed E-state index contributed by atoms with van der Waals surface area (Å²) >= 11 is 0. The van der Waals surface area contributed by atoms with Gasteiger partial charge in [0.05, 0.1) is 12.8 Å². The van der Waals surface area contributed by atoms with Crippen molar-refractivity contribution in [3.05, 3.63) is 60.7 Å². The van der Waals surface area contributed by atoms with Gasteiger partial charge in [0.25, 0.3) is 0 Å². The van der Waals surface area contributed by atoms with Crippen LogP contribution >= 0.6 is 0 Å². The van der Waals surface area contributed by atoms with Gasteiger partial charge in [-0.15, -0.1) is 0 Å². The van der Waals surface area contributed by atoms with E-state index >= 15 is 0 Å². The Kier molecular flexibility index (Phi) is 5.46. The predicted molar refractivity (Wildman–Crippen MR) is 86.0 cm³/mol. The molecule has 0 heterocycles. The monoisotopic (exact) mass is 312 g/mol. The second-order valence-corrected chi connectivity index (χ2v) is 4.61. The van der Waals surface area contributed by atoms with Gasteiger partial charge in [-0.05, 0) is 24.3 Å². The summed E-state index contributed by atoms with van der Waals surface area (Å²) in [4.78, 5) is 37.0. The van der Waals surface area contributed by atoms with Crippen LogP contribution in [0.4, 0.5) is 16.2 Å². The zero-order valence-electron chi connectivity index (χ0n) is 12.6. The maximum Gasteiger partial charge on any atom is 0.333 e. The van der Waals surface area contributed by atoms with Gasteiger partial charge in [0.15, 0.2) is 0 Å². The highest BCUT2D eigenvalue weighted by molar-refractivity contribution is 6.21. The van der Waals surface area contributed by atoms with Gasteiger partial charge in [0, 0.05) is 5.69 Å². The van der Waals surface area contributed by atoms with Crippen molar-refractivity contribution in [3.63, 3.8) is 0 Å². The number of ether oxygens (including phenoxy) is 1. The summed E-state index contributed by atoms with van der Waals surface area (Å²) in [5.74, 6) is -1.38. The molecule has 0 aliphatic rings. The lowest BCUT2D eigenvalue weighted by atomic mass is 10.2. The first kappa shape index (κ1) is 16.2. The molecule has 0 saturated heterocycles. The smallest absolute Gasteiger partial charge is 0.333 e. The van der Waals surface area contributed by atoms with Crippen LogP contribution in [0.5, 0.6) is 0 Å². The minimum atomic E-state index is -0.705. The van der Waals surface area contributed by atoms with E-state index in [2.05, 4.69) is 10.1 Å².